The van der Waals surface area contributed by atoms with Gasteiger partial charge in [-0.1, -0.05) is 30.3 Å². The second-order valence-electron chi connectivity index (χ2n) is 8.33. The zero-order chi connectivity index (χ0) is 24.6. The van der Waals surface area contributed by atoms with Crippen molar-refractivity contribution in [3.05, 3.63) is 87.6 Å². The highest BCUT2D eigenvalue weighted by Crippen LogP contribution is 2.25. The van der Waals surface area contributed by atoms with Crippen molar-refractivity contribution in [2.24, 2.45) is 0 Å². The average molecular weight is 495 g/mol. The maximum atomic E-state index is 12.7. The normalized spacial score (nSPS) is 15.0. The number of ether oxygens (including phenoxy) is 3. The van der Waals surface area contributed by atoms with Gasteiger partial charge in [0.15, 0.2) is 0 Å². The molecule has 2 heterocycles. The number of carbonyl (C=O) groups excluding carboxylic acids is 2. The molecule has 1 aromatic heterocycles. The van der Waals surface area contributed by atoms with Crippen LogP contribution in [-0.4, -0.2) is 68.6 Å². The molecule has 0 radical (unpaired) electrons. The van der Waals surface area contributed by atoms with E-state index >= 15 is 0 Å². The molecule has 0 saturated carbocycles. The molecule has 3 aromatic rings. The summed E-state index contributed by atoms with van der Waals surface area (Å²) in [5.74, 6) is 0.531. The van der Waals surface area contributed by atoms with Crippen molar-refractivity contribution < 1.29 is 23.8 Å². The minimum absolute atomic E-state index is 0.107. The number of carbonyl (C=O) groups is 2. The fraction of sp³-hybridized carbons (Fsp3) is 0.333. The summed E-state index contributed by atoms with van der Waals surface area (Å²) < 4.78 is 16.6. The quantitative estimate of drug-likeness (QED) is 0.414. The van der Waals surface area contributed by atoms with Crippen molar-refractivity contribution in [2.45, 2.75) is 12.7 Å². The van der Waals surface area contributed by atoms with Crippen LogP contribution in [0.25, 0.3) is 0 Å². The number of nitrogens with zero attached hydrogens (tertiary/aromatic N) is 2. The minimum Gasteiger partial charge on any atom is -0.497 e. The van der Waals surface area contributed by atoms with Gasteiger partial charge in [-0.25, -0.2) is 4.79 Å². The van der Waals surface area contributed by atoms with Crippen LogP contribution in [0.1, 0.15) is 37.3 Å². The van der Waals surface area contributed by atoms with Crippen LogP contribution in [0.4, 0.5) is 0 Å². The molecule has 1 aliphatic heterocycles. The maximum Gasteiger partial charge on any atom is 0.337 e. The summed E-state index contributed by atoms with van der Waals surface area (Å²) in [5, 5.41) is 1.93. The Morgan fingerprint density at radius 1 is 0.971 bits per heavy atom. The summed E-state index contributed by atoms with van der Waals surface area (Å²) in [4.78, 5) is 29.4. The molecule has 1 fully saturated rings. The summed E-state index contributed by atoms with van der Waals surface area (Å²) in [6.07, 6.45) is -0.176. The first kappa shape index (κ1) is 24.9. The molecule has 7 nitrogen and oxygen atoms in total. The molecule has 2 aromatic carbocycles. The number of benzene rings is 2. The van der Waals surface area contributed by atoms with Gasteiger partial charge in [0.1, 0.15) is 5.75 Å². The average Bonchev–Trinajstić information content (AvgIpc) is 3.46. The van der Waals surface area contributed by atoms with Gasteiger partial charge in [0.2, 0.25) is 0 Å². The Kier molecular flexibility index (Phi) is 8.52. The Morgan fingerprint density at radius 3 is 2.40 bits per heavy atom. The van der Waals surface area contributed by atoms with E-state index in [1.54, 1.807) is 19.2 Å². The lowest BCUT2D eigenvalue weighted by Gasteiger charge is -2.36. The molecule has 1 atom stereocenters. The first-order valence-electron chi connectivity index (χ1n) is 11.6. The van der Waals surface area contributed by atoms with Crippen LogP contribution in [0, 0.1) is 0 Å². The van der Waals surface area contributed by atoms with E-state index in [1.165, 1.54) is 18.4 Å². The molecule has 0 spiro atoms. The summed E-state index contributed by atoms with van der Waals surface area (Å²) >= 11 is 1.48. The van der Waals surface area contributed by atoms with Crippen LogP contribution in [0.5, 0.6) is 5.75 Å². The third kappa shape index (κ3) is 6.48. The molecular formula is C27H30N2O5S. The molecule has 184 valence electrons. The number of thiophene rings is 1. The number of hydrogen-bond donors (Lipinski definition) is 0. The number of hydrogen-bond acceptors (Lipinski definition) is 7. The van der Waals surface area contributed by atoms with E-state index < -0.39 is 0 Å². The summed E-state index contributed by atoms with van der Waals surface area (Å²) in [6, 6.07) is 19.0. The lowest BCUT2D eigenvalue weighted by atomic mass is 10.1. The van der Waals surface area contributed by atoms with Crippen LogP contribution < -0.4 is 4.74 Å². The lowest BCUT2D eigenvalue weighted by Crippen LogP contribution is -2.49. The predicted octanol–water partition coefficient (Wildman–Crippen LogP) is 4.26. The van der Waals surface area contributed by atoms with E-state index in [2.05, 4.69) is 4.90 Å². The van der Waals surface area contributed by atoms with Crippen LogP contribution in [0.2, 0.25) is 0 Å². The third-order valence-corrected chi connectivity index (χ3v) is 6.97. The Balaban J connectivity index is 1.40. The SMILES string of the molecule is COC(=O)c1ccc(CO[C@H](CN2CCN(C(=O)c3cccs3)CC2)c2cccc(OC)c2)cc1. The molecule has 4 rings (SSSR count). The second kappa shape index (κ2) is 12.0. The number of esters is 1. The fourth-order valence-electron chi connectivity index (χ4n) is 4.07. The van der Waals surface area contributed by atoms with Crippen LogP contribution in [0.3, 0.4) is 0 Å². The predicted molar refractivity (Wildman–Crippen MR) is 135 cm³/mol. The summed E-state index contributed by atoms with van der Waals surface area (Å²) in [6.45, 7) is 4.06. The van der Waals surface area contributed by atoms with Crippen LogP contribution >= 0.6 is 11.3 Å². The van der Waals surface area contributed by atoms with Gasteiger partial charge in [-0.15, -0.1) is 11.3 Å². The van der Waals surface area contributed by atoms with Crippen molar-refractivity contribution in [3.8, 4) is 5.75 Å². The van der Waals surface area contributed by atoms with Gasteiger partial charge in [0, 0.05) is 32.7 Å². The van der Waals surface area contributed by atoms with Gasteiger partial charge in [-0.05, 0) is 46.8 Å². The van der Waals surface area contributed by atoms with E-state index in [4.69, 9.17) is 14.2 Å². The first-order chi connectivity index (χ1) is 17.1. The van der Waals surface area contributed by atoms with Gasteiger partial charge in [0.05, 0.1) is 37.4 Å². The second-order valence-corrected chi connectivity index (χ2v) is 9.28. The van der Waals surface area contributed by atoms with Gasteiger partial charge in [0.25, 0.3) is 5.91 Å². The van der Waals surface area contributed by atoms with Crippen molar-refractivity contribution in [3.63, 3.8) is 0 Å². The fourth-order valence-corrected chi connectivity index (χ4v) is 4.76. The van der Waals surface area contributed by atoms with E-state index in [0.717, 1.165) is 34.8 Å². The van der Waals surface area contributed by atoms with Gasteiger partial charge in [-0.3, -0.25) is 9.69 Å². The van der Waals surface area contributed by atoms with Crippen LogP contribution in [-0.2, 0) is 16.1 Å². The highest BCUT2D eigenvalue weighted by molar-refractivity contribution is 7.12. The number of rotatable bonds is 9. The minimum atomic E-state index is -0.358. The van der Waals surface area contributed by atoms with E-state index in [-0.39, 0.29) is 18.0 Å². The zero-order valence-corrected chi connectivity index (χ0v) is 20.8. The molecule has 0 bridgehead atoms. The first-order valence-corrected chi connectivity index (χ1v) is 12.4. The standard InChI is InChI=1S/C27H30N2O5S/c1-32-23-6-3-5-22(17-23)24(34-19-20-8-10-21(11-9-20)27(31)33-2)18-28-12-14-29(15-13-28)26(30)25-7-4-16-35-25/h3-11,16-17,24H,12-15,18-19H2,1-2H3/t24-/m1/s1. The molecule has 1 amide bonds. The van der Waals surface area contributed by atoms with E-state index in [9.17, 15) is 9.59 Å². The summed E-state index contributed by atoms with van der Waals surface area (Å²) in [7, 11) is 3.03. The number of methoxy groups -OCH3 is 2. The molecule has 0 aliphatic carbocycles. The number of piperazine rings is 1. The largest absolute Gasteiger partial charge is 0.497 e. The monoisotopic (exact) mass is 494 g/mol. The topological polar surface area (TPSA) is 68.3 Å². The van der Waals surface area contributed by atoms with Crippen molar-refractivity contribution in [2.75, 3.05) is 46.9 Å². The Morgan fingerprint density at radius 2 is 1.74 bits per heavy atom. The Bertz CT molecular complexity index is 1110. The van der Waals surface area contributed by atoms with Gasteiger partial charge >= 0.3 is 5.97 Å². The molecule has 1 aliphatic rings. The van der Waals surface area contributed by atoms with E-state index in [0.29, 0.717) is 31.8 Å². The molecule has 0 unspecified atom stereocenters. The van der Waals surface area contributed by atoms with Crippen molar-refractivity contribution >= 4 is 23.2 Å². The highest BCUT2D eigenvalue weighted by Gasteiger charge is 2.25. The molecule has 35 heavy (non-hydrogen) atoms. The van der Waals surface area contributed by atoms with E-state index in [1.807, 2.05) is 58.8 Å². The molecular weight excluding hydrogens is 464 g/mol. The van der Waals surface area contributed by atoms with Gasteiger partial charge < -0.3 is 19.1 Å². The third-order valence-electron chi connectivity index (χ3n) is 6.11. The van der Waals surface area contributed by atoms with Crippen molar-refractivity contribution in [1.29, 1.82) is 0 Å². The molecule has 8 heteroatoms. The highest BCUT2D eigenvalue weighted by atomic mass is 32.1. The smallest absolute Gasteiger partial charge is 0.337 e. The maximum absolute atomic E-state index is 12.7. The summed E-state index contributed by atoms with van der Waals surface area (Å²) in [5.41, 5.74) is 2.51. The zero-order valence-electron chi connectivity index (χ0n) is 20.0. The lowest BCUT2D eigenvalue weighted by molar-refractivity contribution is 0.00337. The van der Waals surface area contributed by atoms with Crippen molar-refractivity contribution in [1.82, 2.24) is 9.80 Å². The van der Waals surface area contributed by atoms with Crippen LogP contribution in [0.15, 0.2) is 66.0 Å². The molecule has 1 saturated heterocycles. The molecule has 0 N–H and O–H groups in total. The number of amides is 1. The van der Waals surface area contributed by atoms with Gasteiger partial charge in [-0.2, -0.15) is 0 Å². The Labute approximate surface area is 209 Å². The Hall–Kier alpha value is -3.20.